The molecule has 0 unspecified atom stereocenters. The van der Waals surface area contributed by atoms with E-state index < -0.39 is 0 Å². The van der Waals surface area contributed by atoms with Gasteiger partial charge in [-0.2, -0.15) is 0 Å². The Morgan fingerprint density at radius 2 is 1.86 bits per heavy atom. The van der Waals surface area contributed by atoms with Crippen LogP contribution in [0.2, 0.25) is 0 Å². The van der Waals surface area contributed by atoms with E-state index in [1.165, 1.54) is 0 Å². The summed E-state index contributed by atoms with van der Waals surface area (Å²) in [5.41, 5.74) is 2.42. The maximum Gasteiger partial charge on any atom is 0.258 e. The fourth-order valence-electron chi connectivity index (χ4n) is 2.33. The van der Waals surface area contributed by atoms with Crippen LogP contribution in [0.4, 0.5) is 0 Å². The minimum absolute atomic E-state index is 0.477. The number of fused-ring (bicyclic) bond motifs is 1. The highest BCUT2D eigenvalue weighted by molar-refractivity contribution is 5.74. The number of imidazole rings is 1. The van der Waals surface area contributed by atoms with Crippen molar-refractivity contribution in [2.24, 2.45) is 0 Å². The van der Waals surface area contributed by atoms with E-state index >= 15 is 0 Å². The molecule has 21 heavy (non-hydrogen) atoms. The zero-order valence-corrected chi connectivity index (χ0v) is 12.0. The molecule has 108 valence electrons. The number of aromatic nitrogens is 3. The third kappa shape index (κ3) is 2.05. The Labute approximate surface area is 121 Å². The van der Waals surface area contributed by atoms with Crippen molar-refractivity contribution in [1.82, 2.24) is 14.4 Å². The van der Waals surface area contributed by atoms with Crippen molar-refractivity contribution >= 4 is 5.65 Å². The molecular weight excluding hydrogens is 270 g/mol. The van der Waals surface area contributed by atoms with Gasteiger partial charge >= 0.3 is 0 Å². The summed E-state index contributed by atoms with van der Waals surface area (Å²) >= 11 is 0. The first kappa shape index (κ1) is 13.2. The Bertz CT molecular complexity index is 783. The maximum atomic E-state index is 5.48. The highest BCUT2D eigenvalue weighted by Crippen LogP contribution is 2.38. The van der Waals surface area contributed by atoms with E-state index in [1.807, 2.05) is 28.8 Å². The number of para-hydroxylation sites is 1. The van der Waals surface area contributed by atoms with Gasteiger partial charge in [-0.3, -0.25) is 4.40 Å². The fraction of sp³-hybridized carbons (Fsp3) is 0.200. The van der Waals surface area contributed by atoms with Gasteiger partial charge in [-0.25, -0.2) is 9.97 Å². The predicted octanol–water partition coefficient (Wildman–Crippen LogP) is 2.42. The standard InChI is InChI=1S/C15H15N3O3/c1-19-12-6-4-5-10(13(12)20-2)11-9-17-14-15(21-3)16-7-8-18(11)14/h4-9H,1-3H3. The normalized spacial score (nSPS) is 10.6. The van der Waals surface area contributed by atoms with Gasteiger partial charge in [-0.05, 0) is 12.1 Å². The zero-order chi connectivity index (χ0) is 14.8. The van der Waals surface area contributed by atoms with Crippen molar-refractivity contribution in [3.05, 3.63) is 36.8 Å². The molecule has 3 rings (SSSR count). The van der Waals surface area contributed by atoms with E-state index in [9.17, 15) is 0 Å². The molecule has 6 nitrogen and oxygen atoms in total. The smallest absolute Gasteiger partial charge is 0.258 e. The molecule has 0 amide bonds. The van der Waals surface area contributed by atoms with E-state index in [2.05, 4.69) is 9.97 Å². The largest absolute Gasteiger partial charge is 0.493 e. The van der Waals surface area contributed by atoms with Gasteiger partial charge in [-0.1, -0.05) is 6.07 Å². The minimum atomic E-state index is 0.477. The topological polar surface area (TPSA) is 57.9 Å². The van der Waals surface area contributed by atoms with Crippen LogP contribution in [0, 0.1) is 0 Å². The van der Waals surface area contributed by atoms with Gasteiger partial charge in [0.05, 0.1) is 33.2 Å². The van der Waals surface area contributed by atoms with Crippen LogP contribution in [0.15, 0.2) is 36.8 Å². The summed E-state index contributed by atoms with van der Waals surface area (Å²) in [4.78, 5) is 8.52. The van der Waals surface area contributed by atoms with Gasteiger partial charge < -0.3 is 14.2 Å². The highest BCUT2D eigenvalue weighted by Gasteiger charge is 2.16. The Hall–Kier alpha value is -2.76. The average Bonchev–Trinajstić information content (AvgIpc) is 2.97. The van der Waals surface area contributed by atoms with E-state index in [4.69, 9.17) is 14.2 Å². The molecule has 6 heteroatoms. The maximum absolute atomic E-state index is 5.48. The lowest BCUT2D eigenvalue weighted by Crippen LogP contribution is -1.97. The predicted molar refractivity (Wildman–Crippen MR) is 78.1 cm³/mol. The molecule has 0 saturated carbocycles. The molecule has 0 spiro atoms. The third-order valence-corrected chi connectivity index (χ3v) is 3.27. The molecule has 0 N–H and O–H groups in total. The van der Waals surface area contributed by atoms with Crippen LogP contribution in [0.1, 0.15) is 0 Å². The molecule has 0 aliphatic carbocycles. The molecule has 3 aromatic rings. The Morgan fingerprint density at radius 3 is 2.57 bits per heavy atom. The van der Waals surface area contributed by atoms with Crippen LogP contribution in [-0.4, -0.2) is 35.7 Å². The molecule has 0 bridgehead atoms. The van der Waals surface area contributed by atoms with Gasteiger partial charge in [0.15, 0.2) is 11.5 Å². The van der Waals surface area contributed by atoms with Crippen LogP contribution in [0.3, 0.4) is 0 Å². The van der Waals surface area contributed by atoms with Crippen molar-refractivity contribution in [3.8, 4) is 28.6 Å². The van der Waals surface area contributed by atoms with Crippen LogP contribution < -0.4 is 14.2 Å². The lowest BCUT2D eigenvalue weighted by Gasteiger charge is -2.12. The zero-order valence-electron chi connectivity index (χ0n) is 12.0. The first-order valence-corrected chi connectivity index (χ1v) is 6.37. The molecule has 0 aliphatic heterocycles. The van der Waals surface area contributed by atoms with E-state index in [1.54, 1.807) is 33.7 Å². The lowest BCUT2D eigenvalue weighted by atomic mass is 10.1. The van der Waals surface area contributed by atoms with Crippen molar-refractivity contribution in [2.75, 3.05) is 21.3 Å². The van der Waals surface area contributed by atoms with E-state index in [-0.39, 0.29) is 0 Å². The van der Waals surface area contributed by atoms with Crippen molar-refractivity contribution in [3.63, 3.8) is 0 Å². The summed E-state index contributed by atoms with van der Waals surface area (Å²) in [5, 5.41) is 0. The number of benzene rings is 1. The number of methoxy groups -OCH3 is 3. The monoisotopic (exact) mass is 285 g/mol. The Balaban J connectivity index is 2.26. The number of ether oxygens (including phenoxy) is 3. The van der Waals surface area contributed by atoms with Crippen LogP contribution >= 0.6 is 0 Å². The molecule has 0 saturated heterocycles. The van der Waals surface area contributed by atoms with Crippen molar-refractivity contribution in [2.45, 2.75) is 0 Å². The molecule has 0 atom stereocenters. The number of nitrogens with zero attached hydrogens (tertiary/aromatic N) is 3. The molecule has 2 heterocycles. The summed E-state index contributed by atoms with van der Waals surface area (Å²) < 4.78 is 18.0. The van der Waals surface area contributed by atoms with Crippen molar-refractivity contribution < 1.29 is 14.2 Å². The second kappa shape index (κ2) is 5.32. The van der Waals surface area contributed by atoms with Gasteiger partial charge in [0, 0.05) is 18.0 Å². The van der Waals surface area contributed by atoms with Gasteiger partial charge in [0.2, 0.25) is 5.65 Å². The van der Waals surface area contributed by atoms with Gasteiger partial charge in [0.1, 0.15) is 0 Å². The average molecular weight is 285 g/mol. The van der Waals surface area contributed by atoms with Crippen LogP contribution in [0.25, 0.3) is 16.9 Å². The van der Waals surface area contributed by atoms with Gasteiger partial charge in [-0.15, -0.1) is 0 Å². The number of hydrogen-bond acceptors (Lipinski definition) is 5. The van der Waals surface area contributed by atoms with Crippen LogP contribution in [0.5, 0.6) is 17.4 Å². The van der Waals surface area contributed by atoms with Gasteiger partial charge in [0.25, 0.3) is 5.88 Å². The summed E-state index contributed by atoms with van der Waals surface area (Å²) in [6.07, 6.45) is 5.26. The minimum Gasteiger partial charge on any atom is -0.493 e. The Morgan fingerprint density at radius 1 is 1.00 bits per heavy atom. The molecule has 0 aliphatic rings. The molecule has 1 aromatic carbocycles. The second-order valence-corrected chi connectivity index (χ2v) is 4.31. The van der Waals surface area contributed by atoms with E-state index in [0.29, 0.717) is 23.0 Å². The second-order valence-electron chi connectivity index (χ2n) is 4.31. The molecule has 0 fully saturated rings. The van der Waals surface area contributed by atoms with Crippen molar-refractivity contribution in [1.29, 1.82) is 0 Å². The highest BCUT2D eigenvalue weighted by atomic mass is 16.5. The number of rotatable bonds is 4. The quantitative estimate of drug-likeness (QED) is 0.737. The fourth-order valence-corrected chi connectivity index (χ4v) is 2.33. The molecule has 2 aromatic heterocycles. The summed E-state index contributed by atoms with van der Waals surface area (Å²) in [6, 6.07) is 5.72. The molecule has 0 radical (unpaired) electrons. The summed E-state index contributed by atoms with van der Waals surface area (Å²) in [7, 11) is 4.80. The summed E-state index contributed by atoms with van der Waals surface area (Å²) in [5.74, 6) is 1.81. The van der Waals surface area contributed by atoms with Crippen LogP contribution in [-0.2, 0) is 0 Å². The lowest BCUT2D eigenvalue weighted by molar-refractivity contribution is 0.356. The first-order chi connectivity index (χ1) is 10.3. The number of hydrogen-bond donors (Lipinski definition) is 0. The molecular formula is C15H15N3O3. The third-order valence-electron chi connectivity index (χ3n) is 3.27. The Kier molecular flexibility index (Phi) is 3.35. The SMILES string of the molecule is COc1cccc(-c2cnc3c(OC)nccn23)c1OC. The summed E-state index contributed by atoms with van der Waals surface area (Å²) in [6.45, 7) is 0. The van der Waals surface area contributed by atoms with E-state index in [0.717, 1.165) is 11.3 Å². The first-order valence-electron chi connectivity index (χ1n) is 6.37.